The molecule has 0 saturated carbocycles. The summed E-state index contributed by atoms with van der Waals surface area (Å²) in [6.07, 6.45) is 0. The summed E-state index contributed by atoms with van der Waals surface area (Å²) in [5.41, 5.74) is 0. The van der Waals surface area contributed by atoms with Crippen LogP contribution in [-0.4, -0.2) is 43.7 Å². The number of benzene rings is 1. The van der Waals surface area contributed by atoms with Crippen molar-refractivity contribution >= 4 is 21.8 Å². The first-order valence-corrected chi connectivity index (χ1v) is 6.29. The van der Waals surface area contributed by atoms with E-state index >= 15 is 0 Å². The van der Waals surface area contributed by atoms with Crippen LogP contribution in [0.25, 0.3) is 0 Å². The zero-order valence-corrected chi connectivity index (χ0v) is 11.0. The largest absolute Gasteiger partial charge is 0.492 e. The molecular formula is C12H14BrNO3. The zero-order chi connectivity index (χ0) is 12.1. The second-order valence-electron chi connectivity index (χ2n) is 3.74. The van der Waals surface area contributed by atoms with E-state index in [1.54, 1.807) is 4.90 Å². The van der Waals surface area contributed by atoms with Crippen molar-refractivity contribution < 1.29 is 14.3 Å². The number of morpholine rings is 1. The van der Waals surface area contributed by atoms with Gasteiger partial charge in [0, 0.05) is 11.0 Å². The molecule has 1 heterocycles. The Balaban J connectivity index is 1.77. The van der Waals surface area contributed by atoms with E-state index in [9.17, 15) is 4.79 Å². The second-order valence-corrected chi connectivity index (χ2v) is 4.65. The summed E-state index contributed by atoms with van der Waals surface area (Å²) in [6.45, 7) is 2.57. The fourth-order valence-electron chi connectivity index (χ4n) is 1.62. The van der Waals surface area contributed by atoms with Crippen LogP contribution in [0.1, 0.15) is 0 Å². The molecule has 92 valence electrons. The number of hydrogen-bond donors (Lipinski definition) is 0. The molecule has 1 aliphatic heterocycles. The predicted octanol–water partition coefficient (Wildman–Crippen LogP) is 1.69. The third-order valence-electron chi connectivity index (χ3n) is 2.51. The molecule has 0 aliphatic carbocycles. The highest BCUT2D eigenvalue weighted by Crippen LogP contribution is 2.17. The maximum Gasteiger partial charge on any atom is 0.248 e. The average molecular weight is 300 g/mol. The second kappa shape index (κ2) is 6.02. The number of rotatable bonds is 4. The third-order valence-corrected chi connectivity index (χ3v) is 3.00. The molecule has 17 heavy (non-hydrogen) atoms. The van der Waals surface area contributed by atoms with Crippen molar-refractivity contribution in [2.24, 2.45) is 0 Å². The Labute approximate surface area is 109 Å². The molecule has 1 saturated heterocycles. The summed E-state index contributed by atoms with van der Waals surface area (Å²) in [5.74, 6) is 0.842. The fraction of sp³-hybridized carbons (Fsp3) is 0.417. The van der Waals surface area contributed by atoms with Crippen molar-refractivity contribution in [2.75, 3.05) is 32.9 Å². The molecule has 0 spiro atoms. The molecule has 0 bridgehead atoms. The first kappa shape index (κ1) is 12.4. The maximum atomic E-state index is 11.4. The van der Waals surface area contributed by atoms with Gasteiger partial charge in [-0.1, -0.05) is 22.0 Å². The van der Waals surface area contributed by atoms with Crippen LogP contribution >= 0.6 is 15.9 Å². The molecule has 1 aromatic rings. The van der Waals surface area contributed by atoms with Crippen molar-refractivity contribution in [3.8, 4) is 5.75 Å². The lowest BCUT2D eigenvalue weighted by Gasteiger charge is -2.26. The number of carbonyl (C=O) groups excluding carboxylic acids is 1. The van der Waals surface area contributed by atoms with Gasteiger partial charge in [0.2, 0.25) is 5.91 Å². The first-order valence-electron chi connectivity index (χ1n) is 5.49. The number of hydrogen-bond acceptors (Lipinski definition) is 3. The molecule has 1 fully saturated rings. The van der Waals surface area contributed by atoms with E-state index in [1.807, 2.05) is 24.3 Å². The highest BCUT2D eigenvalue weighted by molar-refractivity contribution is 9.10. The standard InChI is InChI=1S/C12H14BrNO3/c13-10-2-1-3-11(8-10)17-7-5-14-4-6-16-9-12(14)15/h1-3,8H,4-7,9H2. The summed E-state index contributed by atoms with van der Waals surface area (Å²) in [7, 11) is 0. The monoisotopic (exact) mass is 299 g/mol. The van der Waals surface area contributed by atoms with Crippen LogP contribution in [0.3, 0.4) is 0 Å². The van der Waals surface area contributed by atoms with E-state index in [2.05, 4.69) is 15.9 Å². The quantitative estimate of drug-likeness (QED) is 0.849. The first-order chi connectivity index (χ1) is 8.25. The van der Waals surface area contributed by atoms with Crippen LogP contribution in [0, 0.1) is 0 Å². The smallest absolute Gasteiger partial charge is 0.248 e. The van der Waals surface area contributed by atoms with E-state index in [0.29, 0.717) is 26.3 Å². The Morgan fingerprint density at radius 1 is 1.47 bits per heavy atom. The van der Waals surface area contributed by atoms with Crippen LogP contribution in [-0.2, 0) is 9.53 Å². The molecular weight excluding hydrogens is 286 g/mol. The highest BCUT2D eigenvalue weighted by Gasteiger charge is 2.17. The van der Waals surface area contributed by atoms with Gasteiger partial charge in [-0.2, -0.15) is 0 Å². The molecule has 0 atom stereocenters. The molecule has 5 heteroatoms. The summed E-state index contributed by atoms with van der Waals surface area (Å²) in [5, 5.41) is 0. The summed E-state index contributed by atoms with van der Waals surface area (Å²) in [4.78, 5) is 13.2. The Morgan fingerprint density at radius 3 is 3.12 bits per heavy atom. The van der Waals surface area contributed by atoms with Gasteiger partial charge in [0.25, 0.3) is 0 Å². The number of ether oxygens (including phenoxy) is 2. The zero-order valence-electron chi connectivity index (χ0n) is 9.39. The average Bonchev–Trinajstić information content (AvgIpc) is 2.32. The van der Waals surface area contributed by atoms with E-state index in [4.69, 9.17) is 9.47 Å². The molecule has 1 aromatic carbocycles. The minimum absolute atomic E-state index is 0.0362. The van der Waals surface area contributed by atoms with Gasteiger partial charge in [0.1, 0.15) is 19.0 Å². The molecule has 0 aromatic heterocycles. The molecule has 2 rings (SSSR count). The van der Waals surface area contributed by atoms with E-state index < -0.39 is 0 Å². The van der Waals surface area contributed by atoms with Crippen molar-refractivity contribution in [3.63, 3.8) is 0 Å². The lowest BCUT2D eigenvalue weighted by molar-refractivity contribution is -0.143. The minimum atomic E-state index is 0.0362. The molecule has 0 unspecified atom stereocenters. The predicted molar refractivity (Wildman–Crippen MR) is 67.0 cm³/mol. The number of nitrogens with zero attached hydrogens (tertiary/aromatic N) is 1. The number of halogens is 1. The molecule has 1 aliphatic rings. The normalized spacial score (nSPS) is 16.1. The third kappa shape index (κ3) is 3.71. The van der Waals surface area contributed by atoms with Crippen molar-refractivity contribution in [1.29, 1.82) is 0 Å². The Kier molecular flexibility index (Phi) is 4.39. The summed E-state index contributed by atoms with van der Waals surface area (Å²) >= 11 is 3.38. The highest BCUT2D eigenvalue weighted by atomic mass is 79.9. The van der Waals surface area contributed by atoms with Crippen LogP contribution in [0.15, 0.2) is 28.7 Å². The van der Waals surface area contributed by atoms with Crippen molar-refractivity contribution in [2.45, 2.75) is 0 Å². The van der Waals surface area contributed by atoms with Crippen LogP contribution < -0.4 is 4.74 Å². The number of amides is 1. The molecule has 4 nitrogen and oxygen atoms in total. The van der Waals surface area contributed by atoms with Gasteiger partial charge in [0.05, 0.1) is 13.2 Å². The molecule has 0 radical (unpaired) electrons. The summed E-state index contributed by atoms with van der Waals surface area (Å²) in [6, 6.07) is 7.66. The Hall–Kier alpha value is -1.07. The molecule has 0 N–H and O–H groups in total. The number of carbonyl (C=O) groups is 1. The summed E-state index contributed by atoms with van der Waals surface area (Å²) < 4.78 is 11.6. The van der Waals surface area contributed by atoms with Gasteiger partial charge < -0.3 is 14.4 Å². The van der Waals surface area contributed by atoms with E-state index in [1.165, 1.54) is 0 Å². The lowest BCUT2D eigenvalue weighted by atomic mass is 10.3. The van der Waals surface area contributed by atoms with E-state index in [-0.39, 0.29) is 12.5 Å². The lowest BCUT2D eigenvalue weighted by Crippen LogP contribution is -2.43. The minimum Gasteiger partial charge on any atom is -0.492 e. The van der Waals surface area contributed by atoms with E-state index in [0.717, 1.165) is 10.2 Å². The molecule has 1 amide bonds. The van der Waals surface area contributed by atoms with Gasteiger partial charge in [-0.15, -0.1) is 0 Å². The van der Waals surface area contributed by atoms with Crippen LogP contribution in [0.5, 0.6) is 5.75 Å². The van der Waals surface area contributed by atoms with Gasteiger partial charge in [-0.25, -0.2) is 0 Å². The van der Waals surface area contributed by atoms with Gasteiger partial charge in [-0.3, -0.25) is 4.79 Å². The topological polar surface area (TPSA) is 38.8 Å². The van der Waals surface area contributed by atoms with Crippen LogP contribution in [0.2, 0.25) is 0 Å². The maximum absolute atomic E-state index is 11.4. The van der Waals surface area contributed by atoms with Gasteiger partial charge >= 0.3 is 0 Å². The Bertz CT molecular complexity index is 397. The fourth-order valence-corrected chi connectivity index (χ4v) is 2.00. The van der Waals surface area contributed by atoms with Crippen LogP contribution in [0.4, 0.5) is 0 Å². The van der Waals surface area contributed by atoms with Crippen molar-refractivity contribution in [3.05, 3.63) is 28.7 Å². The van der Waals surface area contributed by atoms with Crippen molar-refractivity contribution in [1.82, 2.24) is 4.90 Å². The Morgan fingerprint density at radius 2 is 2.35 bits per heavy atom. The SMILES string of the molecule is O=C1COCCN1CCOc1cccc(Br)c1. The van der Waals surface area contributed by atoms with Gasteiger partial charge in [-0.05, 0) is 18.2 Å². The van der Waals surface area contributed by atoms with Gasteiger partial charge in [0.15, 0.2) is 0 Å².